The quantitative estimate of drug-likeness (QED) is 0.831. The first-order valence-electron chi connectivity index (χ1n) is 7.61. The van der Waals surface area contributed by atoms with Crippen LogP contribution in [0.4, 0.5) is 5.69 Å². The zero-order chi connectivity index (χ0) is 14.9. The Morgan fingerprint density at radius 1 is 1.05 bits per heavy atom. The van der Waals surface area contributed by atoms with Crippen LogP contribution in [0.5, 0.6) is 0 Å². The highest BCUT2D eigenvalue weighted by atomic mass is 16.2. The number of anilines is 1. The molecule has 2 atom stereocenters. The van der Waals surface area contributed by atoms with Gasteiger partial charge < -0.3 is 4.90 Å². The van der Waals surface area contributed by atoms with Gasteiger partial charge in [0.2, 0.25) is 5.91 Å². The van der Waals surface area contributed by atoms with E-state index in [2.05, 4.69) is 38.1 Å². The second kappa shape index (κ2) is 5.36. The first kappa shape index (κ1) is 13.9. The van der Waals surface area contributed by atoms with Crippen LogP contribution in [0.2, 0.25) is 0 Å². The highest BCUT2D eigenvalue weighted by Crippen LogP contribution is 2.44. The third kappa shape index (κ3) is 2.15. The fourth-order valence-corrected chi connectivity index (χ4v) is 3.53. The number of benzene rings is 2. The summed E-state index contributed by atoms with van der Waals surface area (Å²) in [7, 11) is 0. The van der Waals surface area contributed by atoms with Crippen LogP contribution in [0.3, 0.4) is 0 Å². The zero-order valence-electron chi connectivity index (χ0n) is 12.6. The van der Waals surface area contributed by atoms with Crippen molar-refractivity contribution in [1.29, 1.82) is 0 Å². The average molecular weight is 279 g/mol. The maximum Gasteiger partial charge on any atom is 0.230 e. The molecule has 3 rings (SSSR count). The van der Waals surface area contributed by atoms with E-state index in [4.69, 9.17) is 0 Å². The monoisotopic (exact) mass is 279 g/mol. The number of nitrogens with zero attached hydrogens (tertiary/aromatic N) is 1. The van der Waals surface area contributed by atoms with E-state index in [0.717, 1.165) is 18.7 Å². The van der Waals surface area contributed by atoms with Gasteiger partial charge in [0.1, 0.15) is 0 Å². The number of carbonyl (C=O) groups is 1. The van der Waals surface area contributed by atoms with E-state index < -0.39 is 0 Å². The minimum Gasteiger partial charge on any atom is -0.311 e. The van der Waals surface area contributed by atoms with Crippen molar-refractivity contribution in [2.75, 3.05) is 11.4 Å². The highest BCUT2D eigenvalue weighted by Gasteiger charge is 2.49. The van der Waals surface area contributed by atoms with Crippen molar-refractivity contribution >= 4 is 11.6 Å². The van der Waals surface area contributed by atoms with E-state index in [0.29, 0.717) is 0 Å². The molecule has 2 unspecified atom stereocenters. The molecule has 1 amide bonds. The summed E-state index contributed by atoms with van der Waals surface area (Å²) < 4.78 is 0. The van der Waals surface area contributed by atoms with Gasteiger partial charge in [-0.15, -0.1) is 0 Å². The van der Waals surface area contributed by atoms with Crippen molar-refractivity contribution in [1.82, 2.24) is 0 Å². The van der Waals surface area contributed by atoms with E-state index in [9.17, 15) is 4.79 Å². The third-order valence-corrected chi connectivity index (χ3v) is 4.95. The van der Waals surface area contributed by atoms with Crippen LogP contribution in [0.25, 0.3) is 0 Å². The van der Waals surface area contributed by atoms with Gasteiger partial charge in [0.05, 0.1) is 0 Å². The van der Waals surface area contributed by atoms with E-state index in [1.54, 1.807) is 0 Å². The lowest BCUT2D eigenvalue weighted by atomic mass is 9.71. The normalized spacial score (nSPS) is 25.3. The summed E-state index contributed by atoms with van der Waals surface area (Å²) in [6.45, 7) is 5.02. The third-order valence-electron chi connectivity index (χ3n) is 4.95. The Hall–Kier alpha value is -2.09. The molecular formula is C19H21NO. The topological polar surface area (TPSA) is 20.3 Å². The van der Waals surface area contributed by atoms with Gasteiger partial charge >= 0.3 is 0 Å². The standard InChI is InChI=1S/C19H21NO/c1-3-19(16-10-6-4-7-11-16)14-20(18(21)15(19)2)17-12-8-5-9-13-17/h4-13,15H,3,14H2,1-2H3. The molecule has 0 radical (unpaired) electrons. The van der Waals surface area contributed by atoms with Gasteiger partial charge in [0, 0.05) is 23.6 Å². The molecule has 1 aliphatic rings. The van der Waals surface area contributed by atoms with Crippen LogP contribution in [0, 0.1) is 5.92 Å². The van der Waals surface area contributed by atoms with Gasteiger partial charge in [-0.2, -0.15) is 0 Å². The van der Waals surface area contributed by atoms with Crippen molar-refractivity contribution in [3.05, 3.63) is 66.2 Å². The predicted octanol–water partition coefficient (Wildman–Crippen LogP) is 4.02. The van der Waals surface area contributed by atoms with Gasteiger partial charge in [-0.25, -0.2) is 0 Å². The molecule has 1 aliphatic heterocycles. The molecule has 0 N–H and O–H groups in total. The molecule has 1 saturated heterocycles. The summed E-state index contributed by atoms with van der Waals surface area (Å²) in [5, 5.41) is 0. The van der Waals surface area contributed by atoms with Crippen LogP contribution in [-0.2, 0) is 10.2 Å². The molecule has 2 heteroatoms. The van der Waals surface area contributed by atoms with Gasteiger partial charge in [-0.05, 0) is 24.1 Å². The molecule has 21 heavy (non-hydrogen) atoms. The average Bonchev–Trinajstić information content (AvgIpc) is 2.82. The molecule has 2 nitrogen and oxygen atoms in total. The first-order valence-corrected chi connectivity index (χ1v) is 7.61. The van der Waals surface area contributed by atoms with E-state index >= 15 is 0 Å². The smallest absolute Gasteiger partial charge is 0.230 e. The van der Waals surface area contributed by atoms with Crippen LogP contribution in [0.1, 0.15) is 25.8 Å². The SMILES string of the molecule is CCC1(c2ccccc2)CN(c2ccccc2)C(=O)C1C. The largest absolute Gasteiger partial charge is 0.311 e. The number of hydrogen-bond donors (Lipinski definition) is 0. The Balaban J connectivity index is 2.03. The molecule has 0 bridgehead atoms. The Kier molecular flexibility index (Phi) is 3.54. The summed E-state index contributed by atoms with van der Waals surface area (Å²) in [4.78, 5) is 14.7. The predicted molar refractivity (Wildman–Crippen MR) is 86.4 cm³/mol. The molecule has 0 aliphatic carbocycles. The first-order chi connectivity index (χ1) is 10.2. The summed E-state index contributed by atoms with van der Waals surface area (Å²) in [5.74, 6) is 0.233. The molecule has 0 saturated carbocycles. The number of amides is 1. The molecule has 0 aromatic heterocycles. The fourth-order valence-electron chi connectivity index (χ4n) is 3.53. The summed E-state index contributed by atoms with van der Waals surface area (Å²) in [5.41, 5.74) is 2.18. The summed E-state index contributed by atoms with van der Waals surface area (Å²) in [6.07, 6.45) is 0.966. The number of para-hydroxylation sites is 1. The Morgan fingerprint density at radius 3 is 2.19 bits per heavy atom. The molecule has 108 valence electrons. The lowest BCUT2D eigenvalue weighted by Gasteiger charge is -2.31. The van der Waals surface area contributed by atoms with Crippen molar-refractivity contribution in [2.45, 2.75) is 25.7 Å². The maximum absolute atomic E-state index is 12.8. The minimum absolute atomic E-state index is 0.00473. The van der Waals surface area contributed by atoms with E-state index in [1.165, 1.54) is 5.56 Å². The lowest BCUT2D eigenvalue weighted by Crippen LogP contribution is -2.33. The van der Waals surface area contributed by atoms with Crippen molar-refractivity contribution in [3.8, 4) is 0 Å². The Labute approximate surface area is 126 Å². The molecule has 2 aromatic carbocycles. The van der Waals surface area contributed by atoms with Crippen LogP contribution in [-0.4, -0.2) is 12.5 Å². The van der Waals surface area contributed by atoms with Crippen LogP contribution < -0.4 is 4.90 Å². The summed E-state index contributed by atoms with van der Waals surface area (Å²) >= 11 is 0. The van der Waals surface area contributed by atoms with Crippen LogP contribution in [0.15, 0.2) is 60.7 Å². The number of hydrogen-bond acceptors (Lipinski definition) is 1. The summed E-state index contributed by atoms with van der Waals surface area (Å²) in [6, 6.07) is 20.5. The number of rotatable bonds is 3. The highest BCUT2D eigenvalue weighted by molar-refractivity contribution is 5.99. The zero-order valence-corrected chi connectivity index (χ0v) is 12.6. The minimum atomic E-state index is -0.0891. The van der Waals surface area contributed by atoms with Gasteiger partial charge in [-0.3, -0.25) is 4.79 Å². The maximum atomic E-state index is 12.8. The number of carbonyl (C=O) groups excluding carboxylic acids is 1. The fraction of sp³-hybridized carbons (Fsp3) is 0.316. The van der Waals surface area contributed by atoms with Crippen molar-refractivity contribution in [3.63, 3.8) is 0 Å². The molecule has 0 spiro atoms. The Bertz CT molecular complexity index is 623. The van der Waals surface area contributed by atoms with E-state index in [-0.39, 0.29) is 17.2 Å². The van der Waals surface area contributed by atoms with E-state index in [1.807, 2.05) is 41.3 Å². The van der Waals surface area contributed by atoms with Crippen molar-refractivity contribution in [2.24, 2.45) is 5.92 Å². The van der Waals surface area contributed by atoms with Gasteiger partial charge in [-0.1, -0.05) is 62.4 Å². The Morgan fingerprint density at radius 2 is 1.62 bits per heavy atom. The van der Waals surface area contributed by atoms with Gasteiger partial charge in [0.25, 0.3) is 0 Å². The lowest BCUT2D eigenvalue weighted by molar-refractivity contribution is -0.120. The molecule has 1 fully saturated rings. The van der Waals surface area contributed by atoms with Gasteiger partial charge in [0.15, 0.2) is 0 Å². The van der Waals surface area contributed by atoms with Crippen molar-refractivity contribution < 1.29 is 4.79 Å². The molecule has 2 aromatic rings. The second-order valence-corrected chi connectivity index (χ2v) is 5.86. The molecule has 1 heterocycles. The van der Waals surface area contributed by atoms with Crippen LogP contribution >= 0.6 is 0 Å². The second-order valence-electron chi connectivity index (χ2n) is 5.86. The molecular weight excluding hydrogens is 258 g/mol.